The molecule has 2 atom stereocenters. The van der Waals surface area contributed by atoms with Crippen molar-refractivity contribution in [3.05, 3.63) is 0 Å². The molecular formula is C15H30N2. The Morgan fingerprint density at radius 2 is 1.94 bits per heavy atom. The average Bonchev–Trinajstić information content (AvgIpc) is 3.13. The van der Waals surface area contributed by atoms with Gasteiger partial charge in [-0.25, -0.2) is 0 Å². The van der Waals surface area contributed by atoms with E-state index in [0.29, 0.717) is 11.1 Å². The third-order valence-corrected chi connectivity index (χ3v) is 5.29. The fraction of sp³-hybridized carbons (Fsp3) is 1.00. The molecule has 0 aromatic rings. The van der Waals surface area contributed by atoms with Crippen molar-refractivity contribution >= 4 is 0 Å². The molecule has 17 heavy (non-hydrogen) atoms. The molecule has 1 saturated carbocycles. The van der Waals surface area contributed by atoms with Gasteiger partial charge in [-0.1, -0.05) is 13.8 Å². The highest BCUT2D eigenvalue weighted by Gasteiger charge is 2.47. The van der Waals surface area contributed by atoms with Gasteiger partial charge in [0, 0.05) is 30.2 Å². The largest absolute Gasteiger partial charge is 0.309 e. The third kappa shape index (κ3) is 2.53. The van der Waals surface area contributed by atoms with Crippen LogP contribution < -0.4 is 5.32 Å². The molecule has 0 radical (unpaired) electrons. The molecule has 0 aromatic carbocycles. The summed E-state index contributed by atoms with van der Waals surface area (Å²) >= 11 is 0. The SMILES string of the molecule is CCC1CNC(C)(CC)CN1C(C)(C)C1CC1. The second kappa shape index (κ2) is 4.55. The van der Waals surface area contributed by atoms with Crippen LogP contribution in [0.4, 0.5) is 0 Å². The second-order valence-electron chi connectivity index (χ2n) is 6.91. The van der Waals surface area contributed by atoms with Crippen LogP contribution in [-0.2, 0) is 0 Å². The minimum atomic E-state index is 0.317. The Morgan fingerprint density at radius 3 is 2.41 bits per heavy atom. The van der Waals surface area contributed by atoms with Crippen molar-refractivity contribution in [1.29, 1.82) is 0 Å². The first-order chi connectivity index (χ1) is 7.93. The summed E-state index contributed by atoms with van der Waals surface area (Å²) in [7, 11) is 0. The molecule has 2 heteroatoms. The van der Waals surface area contributed by atoms with Gasteiger partial charge in [0.15, 0.2) is 0 Å². The van der Waals surface area contributed by atoms with Crippen molar-refractivity contribution < 1.29 is 0 Å². The van der Waals surface area contributed by atoms with Gasteiger partial charge in [-0.15, -0.1) is 0 Å². The van der Waals surface area contributed by atoms with Gasteiger partial charge in [-0.05, 0) is 52.4 Å². The summed E-state index contributed by atoms with van der Waals surface area (Å²) in [6.45, 7) is 14.3. The van der Waals surface area contributed by atoms with Crippen molar-refractivity contribution in [1.82, 2.24) is 10.2 Å². The van der Waals surface area contributed by atoms with Crippen LogP contribution in [-0.4, -0.2) is 35.1 Å². The molecule has 1 heterocycles. The molecule has 2 unspecified atom stereocenters. The molecule has 1 aliphatic carbocycles. The Bertz CT molecular complexity index is 270. The molecule has 2 rings (SSSR count). The van der Waals surface area contributed by atoms with E-state index < -0.39 is 0 Å². The van der Waals surface area contributed by atoms with E-state index in [-0.39, 0.29) is 0 Å². The smallest absolute Gasteiger partial charge is 0.0278 e. The standard InChI is InChI=1S/C15H30N2/c1-6-13-10-16-15(5,7-2)11-17(13)14(3,4)12-8-9-12/h12-13,16H,6-11H2,1-5H3. The lowest BCUT2D eigenvalue weighted by Crippen LogP contribution is -2.67. The van der Waals surface area contributed by atoms with E-state index in [9.17, 15) is 0 Å². The van der Waals surface area contributed by atoms with Crippen molar-refractivity contribution in [2.75, 3.05) is 13.1 Å². The van der Waals surface area contributed by atoms with Crippen molar-refractivity contribution in [3.63, 3.8) is 0 Å². The van der Waals surface area contributed by atoms with E-state index in [2.05, 4.69) is 44.8 Å². The zero-order valence-corrected chi connectivity index (χ0v) is 12.3. The summed E-state index contributed by atoms with van der Waals surface area (Å²) in [4.78, 5) is 2.81. The number of hydrogen-bond acceptors (Lipinski definition) is 2. The molecule has 1 N–H and O–H groups in total. The Balaban J connectivity index is 2.14. The molecule has 0 amide bonds. The van der Waals surface area contributed by atoms with Gasteiger partial charge in [0.2, 0.25) is 0 Å². The van der Waals surface area contributed by atoms with Crippen LogP contribution in [0, 0.1) is 5.92 Å². The van der Waals surface area contributed by atoms with Crippen molar-refractivity contribution in [2.45, 2.75) is 77.4 Å². The number of nitrogens with zero attached hydrogens (tertiary/aromatic N) is 1. The van der Waals surface area contributed by atoms with Crippen LogP contribution in [0.5, 0.6) is 0 Å². The highest BCUT2D eigenvalue weighted by atomic mass is 15.3. The molecule has 1 aliphatic heterocycles. The molecule has 2 fully saturated rings. The van der Waals surface area contributed by atoms with Gasteiger partial charge in [-0.2, -0.15) is 0 Å². The molecule has 0 aromatic heterocycles. The topological polar surface area (TPSA) is 15.3 Å². The van der Waals surface area contributed by atoms with E-state index in [1.54, 1.807) is 0 Å². The minimum Gasteiger partial charge on any atom is -0.309 e. The van der Waals surface area contributed by atoms with Gasteiger partial charge >= 0.3 is 0 Å². The predicted octanol–water partition coefficient (Wildman–Crippen LogP) is 3.03. The third-order valence-electron chi connectivity index (χ3n) is 5.29. The molecule has 2 aliphatic rings. The summed E-state index contributed by atoms with van der Waals surface area (Å²) in [6, 6.07) is 0.727. The zero-order valence-electron chi connectivity index (χ0n) is 12.3. The molecule has 0 spiro atoms. The highest BCUT2D eigenvalue weighted by Crippen LogP contribution is 2.44. The maximum absolute atomic E-state index is 3.77. The van der Waals surface area contributed by atoms with E-state index in [1.165, 1.54) is 32.2 Å². The molecule has 1 saturated heterocycles. The van der Waals surface area contributed by atoms with Crippen LogP contribution in [0.3, 0.4) is 0 Å². The number of piperazine rings is 1. The monoisotopic (exact) mass is 238 g/mol. The first-order valence-corrected chi connectivity index (χ1v) is 7.44. The Morgan fingerprint density at radius 1 is 1.29 bits per heavy atom. The number of rotatable bonds is 4. The normalized spacial score (nSPS) is 36.2. The van der Waals surface area contributed by atoms with Crippen molar-refractivity contribution in [2.24, 2.45) is 5.92 Å². The molecule has 0 bridgehead atoms. The van der Waals surface area contributed by atoms with E-state index in [0.717, 1.165) is 18.5 Å². The summed E-state index contributed by atoms with van der Waals surface area (Å²) < 4.78 is 0. The number of nitrogens with one attached hydrogen (secondary N) is 1. The number of hydrogen-bond donors (Lipinski definition) is 1. The molecule has 2 nitrogen and oxygen atoms in total. The van der Waals surface area contributed by atoms with Crippen LogP contribution >= 0.6 is 0 Å². The molecule has 100 valence electrons. The van der Waals surface area contributed by atoms with Crippen molar-refractivity contribution in [3.8, 4) is 0 Å². The molecular weight excluding hydrogens is 208 g/mol. The lowest BCUT2D eigenvalue weighted by molar-refractivity contribution is -0.00935. The lowest BCUT2D eigenvalue weighted by atomic mass is 9.86. The summed E-state index contributed by atoms with van der Waals surface area (Å²) in [5.74, 6) is 0.941. The highest BCUT2D eigenvalue weighted by molar-refractivity contribution is 5.04. The van der Waals surface area contributed by atoms with Crippen LogP contribution in [0.25, 0.3) is 0 Å². The van der Waals surface area contributed by atoms with Gasteiger partial charge in [0.1, 0.15) is 0 Å². The van der Waals surface area contributed by atoms with E-state index >= 15 is 0 Å². The summed E-state index contributed by atoms with van der Waals surface area (Å²) in [6.07, 6.45) is 5.37. The van der Waals surface area contributed by atoms with E-state index in [4.69, 9.17) is 0 Å². The fourth-order valence-corrected chi connectivity index (χ4v) is 3.34. The first-order valence-electron chi connectivity index (χ1n) is 7.44. The zero-order chi connectivity index (χ0) is 12.7. The quantitative estimate of drug-likeness (QED) is 0.810. The van der Waals surface area contributed by atoms with Gasteiger partial charge < -0.3 is 5.32 Å². The van der Waals surface area contributed by atoms with E-state index in [1.807, 2.05) is 0 Å². The van der Waals surface area contributed by atoms with Gasteiger partial charge in [0.05, 0.1) is 0 Å². The predicted molar refractivity (Wildman–Crippen MR) is 74.3 cm³/mol. The Labute approximate surface area is 107 Å². The second-order valence-corrected chi connectivity index (χ2v) is 6.91. The Hall–Kier alpha value is -0.0800. The maximum atomic E-state index is 3.77. The summed E-state index contributed by atoms with van der Waals surface area (Å²) in [5, 5.41) is 3.77. The van der Waals surface area contributed by atoms with Gasteiger partial charge in [-0.3, -0.25) is 4.90 Å². The average molecular weight is 238 g/mol. The van der Waals surface area contributed by atoms with Crippen LogP contribution in [0.2, 0.25) is 0 Å². The summed E-state index contributed by atoms with van der Waals surface area (Å²) in [5.41, 5.74) is 0.719. The first kappa shape index (κ1) is 13.4. The fourth-order valence-electron chi connectivity index (χ4n) is 3.34. The Kier molecular flexibility index (Phi) is 3.57. The van der Waals surface area contributed by atoms with Crippen LogP contribution in [0.15, 0.2) is 0 Å². The minimum absolute atomic E-state index is 0.317. The maximum Gasteiger partial charge on any atom is 0.0278 e. The lowest BCUT2D eigenvalue weighted by Gasteiger charge is -2.53. The van der Waals surface area contributed by atoms with Crippen LogP contribution in [0.1, 0.15) is 60.3 Å². The van der Waals surface area contributed by atoms with Gasteiger partial charge in [0.25, 0.3) is 0 Å².